The Morgan fingerprint density at radius 1 is 1.44 bits per heavy atom. The molecule has 0 saturated heterocycles. The van der Waals surface area contributed by atoms with Crippen LogP contribution >= 0.6 is 0 Å². The summed E-state index contributed by atoms with van der Waals surface area (Å²) < 4.78 is 10.3. The van der Waals surface area contributed by atoms with Crippen LogP contribution < -0.4 is 15.8 Å². The maximum absolute atomic E-state index is 11.2. The van der Waals surface area contributed by atoms with E-state index in [1.54, 1.807) is 19.2 Å². The van der Waals surface area contributed by atoms with Crippen molar-refractivity contribution < 1.29 is 14.3 Å². The highest BCUT2D eigenvalue weighted by Crippen LogP contribution is 2.32. The number of fused-ring (bicyclic) bond motifs is 1. The second kappa shape index (κ2) is 4.40. The fourth-order valence-corrected chi connectivity index (χ4v) is 1.63. The number of amides is 1. The Hall–Kier alpha value is -1.75. The van der Waals surface area contributed by atoms with Gasteiger partial charge in [0, 0.05) is 18.9 Å². The van der Waals surface area contributed by atoms with Crippen LogP contribution in [-0.2, 0) is 16.0 Å². The predicted molar refractivity (Wildman–Crippen MR) is 60.6 cm³/mol. The predicted octanol–water partition coefficient (Wildman–Crippen LogP) is 0.789. The zero-order chi connectivity index (χ0) is 11.5. The Bertz CT molecular complexity index is 418. The summed E-state index contributed by atoms with van der Waals surface area (Å²) in [6, 6.07) is 3.53. The van der Waals surface area contributed by atoms with Crippen molar-refractivity contribution in [2.75, 3.05) is 31.4 Å². The number of methoxy groups -OCH3 is 1. The molecule has 5 heteroatoms. The highest BCUT2D eigenvalue weighted by atomic mass is 16.5. The number of hydrogen-bond donors (Lipinski definition) is 2. The number of rotatable bonds is 4. The first-order valence-electron chi connectivity index (χ1n) is 5.04. The maximum Gasteiger partial charge on any atom is 0.228 e. The van der Waals surface area contributed by atoms with Gasteiger partial charge in [0.1, 0.15) is 12.4 Å². The van der Waals surface area contributed by atoms with Crippen LogP contribution in [0.2, 0.25) is 0 Å². The van der Waals surface area contributed by atoms with Crippen molar-refractivity contribution in [3.05, 3.63) is 17.7 Å². The number of nitrogens with two attached hydrogens (primary N) is 1. The minimum absolute atomic E-state index is 0.0107. The van der Waals surface area contributed by atoms with Crippen LogP contribution in [0.15, 0.2) is 12.1 Å². The van der Waals surface area contributed by atoms with Gasteiger partial charge in [-0.25, -0.2) is 0 Å². The Balaban J connectivity index is 2.15. The molecule has 1 aromatic carbocycles. The van der Waals surface area contributed by atoms with Crippen LogP contribution in [0.3, 0.4) is 0 Å². The molecule has 16 heavy (non-hydrogen) atoms. The van der Waals surface area contributed by atoms with Crippen molar-refractivity contribution in [3.63, 3.8) is 0 Å². The molecule has 1 amide bonds. The zero-order valence-electron chi connectivity index (χ0n) is 9.08. The van der Waals surface area contributed by atoms with E-state index in [9.17, 15) is 4.79 Å². The van der Waals surface area contributed by atoms with E-state index in [4.69, 9.17) is 15.2 Å². The van der Waals surface area contributed by atoms with Crippen LogP contribution in [-0.4, -0.2) is 26.2 Å². The first-order chi connectivity index (χ1) is 7.70. The minimum atomic E-state index is -0.0107. The van der Waals surface area contributed by atoms with Gasteiger partial charge < -0.3 is 20.5 Å². The number of ether oxygens (including phenoxy) is 2. The standard InChI is InChI=1S/C11H14N2O3/c1-15-2-3-16-10-6-9-7(4-8(10)12)5-11(14)13-9/h4,6H,2-3,5,12H2,1H3,(H,13,14). The summed E-state index contributed by atoms with van der Waals surface area (Å²) in [6.07, 6.45) is 0.387. The van der Waals surface area contributed by atoms with Gasteiger partial charge in [0.15, 0.2) is 0 Å². The second-order valence-corrected chi connectivity index (χ2v) is 3.61. The quantitative estimate of drug-likeness (QED) is 0.583. The van der Waals surface area contributed by atoms with Crippen molar-refractivity contribution in [3.8, 4) is 5.75 Å². The molecule has 0 atom stereocenters. The molecule has 0 spiro atoms. The summed E-state index contributed by atoms with van der Waals surface area (Å²) in [7, 11) is 1.61. The molecule has 0 unspecified atom stereocenters. The lowest BCUT2D eigenvalue weighted by Crippen LogP contribution is -2.06. The SMILES string of the molecule is COCCOc1cc2c(cc1N)CC(=O)N2. The van der Waals surface area contributed by atoms with E-state index >= 15 is 0 Å². The molecule has 86 valence electrons. The lowest BCUT2D eigenvalue weighted by Gasteiger charge is -2.10. The van der Waals surface area contributed by atoms with E-state index in [0.717, 1.165) is 11.3 Å². The van der Waals surface area contributed by atoms with Gasteiger partial charge in [-0.2, -0.15) is 0 Å². The molecule has 1 aliphatic rings. The van der Waals surface area contributed by atoms with Crippen molar-refractivity contribution in [1.29, 1.82) is 0 Å². The van der Waals surface area contributed by atoms with Gasteiger partial charge in [0.2, 0.25) is 5.91 Å². The monoisotopic (exact) mass is 222 g/mol. The third kappa shape index (κ3) is 2.09. The molecule has 2 rings (SSSR count). The van der Waals surface area contributed by atoms with Crippen molar-refractivity contribution in [1.82, 2.24) is 0 Å². The number of hydrogen-bond acceptors (Lipinski definition) is 4. The maximum atomic E-state index is 11.2. The first-order valence-corrected chi connectivity index (χ1v) is 5.04. The van der Waals surface area contributed by atoms with Crippen LogP contribution in [0.4, 0.5) is 11.4 Å². The highest BCUT2D eigenvalue weighted by molar-refractivity contribution is 6.00. The van der Waals surface area contributed by atoms with E-state index in [0.29, 0.717) is 31.1 Å². The number of benzene rings is 1. The van der Waals surface area contributed by atoms with Gasteiger partial charge in [-0.05, 0) is 11.6 Å². The fraction of sp³-hybridized carbons (Fsp3) is 0.364. The van der Waals surface area contributed by atoms with E-state index in [1.165, 1.54) is 0 Å². The molecule has 0 aliphatic carbocycles. The first kappa shape index (κ1) is 10.8. The lowest BCUT2D eigenvalue weighted by molar-refractivity contribution is -0.115. The van der Waals surface area contributed by atoms with Crippen molar-refractivity contribution >= 4 is 17.3 Å². The van der Waals surface area contributed by atoms with Gasteiger partial charge in [-0.15, -0.1) is 0 Å². The Morgan fingerprint density at radius 3 is 3.00 bits per heavy atom. The average Bonchev–Trinajstić information content (AvgIpc) is 2.58. The number of nitrogen functional groups attached to an aromatic ring is 1. The van der Waals surface area contributed by atoms with Gasteiger partial charge in [-0.3, -0.25) is 4.79 Å². The Labute approximate surface area is 93.5 Å². The summed E-state index contributed by atoms with van der Waals surface area (Å²) in [6.45, 7) is 0.941. The molecule has 0 radical (unpaired) electrons. The molecule has 0 saturated carbocycles. The van der Waals surface area contributed by atoms with Gasteiger partial charge in [0.05, 0.1) is 18.7 Å². The molecule has 3 N–H and O–H groups in total. The summed E-state index contributed by atoms with van der Waals surface area (Å²) in [4.78, 5) is 11.2. The number of carbonyl (C=O) groups excluding carboxylic acids is 1. The molecule has 5 nitrogen and oxygen atoms in total. The Morgan fingerprint density at radius 2 is 2.25 bits per heavy atom. The molecule has 0 aromatic heterocycles. The smallest absolute Gasteiger partial charge is 0.228 e. The van der Waals surface area contributed by atoms with Gasteiger partial charge >= 0.3 is 0 Å². The van der Waals surface area contributed by atoms with Crippen LogP contribution in [0.25, 0.3) is 0 Å². The zero-order valence-corrected chi connectivity index (χ0v) is 9.08. The average molecular weight is 222 g/mol. The van der Waals surface area contributed by atoms with Gasteiger partial charge in [-0.1, -0.05) is 0 Å². The molecule has 0 bridgehead atoms. The topological polar surface area (TPSA) is 73.6 Å². The summed E-state index contributed by atoms with van der Waals surface area (Å²) >= 11 is 0. The number of anilines is 2. The summed E-state index contributed by atoms with van der Waals surface area (Å²) in [5.41, 5.74) is 8.07. The van der Waals surface area contributed by atoms with E-state index in [1.807, 2.05) is 0 Å². The van der Waals surface area contributed by atoms with E-state index in [-0.39, 0.29) is 5.91 Å². The molecule has 1 aliphatic heterocycles. The van der Waals surface area contributed by atoms with Crippen LogP contribution in [0, 0.1) is 0 Å². The van der Waals surface area contributed by atoms with E-state index < -0.39 is 0 Å². The molecule has 1 heterocycles. The Kier molecular flexibility index (Phi) is 2.96. The molecular weight excluding hydrogens is 208 g/mol. The molecule has 0 fully saturated rings. The fourth-order valence-electron chi connectivity index (χ4n) is 1.63. The third-order valence-electron chi connectivity index (χ3n) is 2.41. The van der Waals surface area contributed by atoms with Crippen LogP contribution in [0.5, 0.6) is 5.75 Å². The second-order valence-electron chi connectivity index (χ2n) is 3.61. The summed E-state index contributed by atoms with van der Waals surface area (Å²) in [5, 5.41) is 2.75. The highest BCUT2D eigenvalue weighted by Gasteiger charge is 2.19. The third-order valence-corrected chi connectivity index (χ3v) is 2.41. The van der Waals surface area contributed by atoms with E-state index in [2.05, 4.69) is 5.32 Å². The lowest BCUT2D eigenvalue weighted by atomic mass is 10.1. The van der Waals surface area contributed by atoms with Crippen LogP contribution in [0.1, 0.15) is 5.56 Å². The largest absolute Gasteiger partial charge is 0.489 e. The number of nitrogens with one attached hydrogen (secondary N) is 1. The minimum Gasteiger partial charge on any atom is -0.489 e. The van der Waals surface area contributed by atoms with Crippen molar-refractivity contribution in [2.45, 2.75) is 6.42 Å². The number of carbonyl (C=O) groups is 1. The van der Waals surface area contributed by atoms with Gasteiger partial charge in [0.25, 0.3) is 0 Å². The molecular formula is C11H14N2O3. The van der Waals surface area contributed by atoms with Crippen molar-refractivity contribution in [2.24, 2.45) is 0 Å². The summed E-state index contributed by atoms with van der Waals surface area (Å²) in [5.74, 6) is 0.571. The normalized spacial score (nSPS) is 13.4. The molecule has 1 aromatic rings.